The van der Waals surface area contributed by atoms with Gasteiger partial charge in [-0.2, -0.15) is 0 Å². The molecule has 0 radical (unpaired) electrons. The molecule has 0 aliphatic carbocycles. The summed E-state index contributed by atoms with van der Waals surface area (Å²) < 4.78 is 0. The number of carbonyl (C=O) groups excluding carboxylic acids is 3. The largest absolute Gasteiger partial charge is 0.356 e. The van der Waals surface area contributed by atoms with Gasteiger partial charge in [0.2, 0.25) is 28.0 Å². The Morgan fingerprint density at radius 3 is 2.59 bits per heavy atom. The third-order valence-corrected chi connectivity index (χ3v) is 6.85. The second-order valence-corrected chi connectivity index (χ2v) is 8.86. The van der Waals surface area contributed by atoms with Crippen LogP contribution >= 0.6 is 11.3 Å². The molecular formula is C19H28N6O3S. The molecule has 29 heavy (non-hydrogen) atoms. The Bertz CT molecular complexity index is 769. The van der Waals surface area contributed by atoms with E-state index in [1.165, 1.54) is 11.3 Å². The van der Waals surface area contributed by atoms with Crippen LogP contribution in [0.2, 0.25) is 0 Å². The molecule has 4 heterocycles. The number of amides is 3. The fourth-order valence-corrected chi connectivity index (χ4v) is 5.15. The van der Waals surface area contributed by atoms with E-state index in [9.17, 15) is 14.4 Å². The Morgan fingerprint density at radius 2 is 1.83 bits per heavy atom. The van der Waals surface area contributed by atoms with Crippen molar-refractivity contribution in [2.24, 2.45) is 5.92 Å². The lowest BCUT2D eigenvalue weighted by molar-refractivity contribution is -0.127. The molecule has 1 aromatic rings. The summed E-state index contributed by atoms with van der Waals surface area (Å²) in [6, 6.07) is 0. The summed E-state index contributed by atoms with van der Waals surface area (Å²) in [6.07, 6.45) is 5.63. The highest BCUT2D eigenvalue weighted by atomic mass is 32.1. The van der Waals surface area contributed by atoms with Crippen molar-refractivity contribution in [3.05, 3.63) is 0 Å². The molecular weight excluding hydrogens is 392 g/mol. The van der Waals surface area contributed by atoms with Gasteiger partial charge >= 0.3 is 0 Å². The van der Waals surface area contributed by atoms with E-state index in [1.807, 2.05) is 4.90 Å². The maximum Gasteiger partial charge on any atom is 0.228 e. The number of anilines is 2. The van der Waals surface area contributed by atoms with Crippen molar-refractivity contribution < 1.29 is 14.4 Å². The van der Waals surface area contributed by atoms with Crippen molar-refractivity contribution in [3.63, 3.8) is 0 Å². The van der Waals surface area contributed by atoms with Crippen molar-refractivity contribution in [2.75, 3.05) is 49.1 Å². The highest BCUT2D eigenvalue weighted by Gasteiger charge is 2.30. The van der Waals surface area contributed by atoms with E-state index in [0.29, 0.717) is 37.6 Å². The Morgan fingerprint density at radius 1 is 1.03 bits per heavy atom. The Labute approximate surface area is 174 Å². The number of hydrogen-bond donors (Lipinski definition) is 1. The fourth-order valence-electron chi connectivity index (χ4n) is 4.23. The highest BCUT2D eigenvalue weighted by Crippen LogP contribution is 2.32. The molecule has 0 unspecified atom stereocenters. The second kappa shape index (κ2) is 9.06. The Balaban J connectivity index is 1.24. The zero-order chi connectivity index (χ0) is 20.2. The average Bonchev–Trinajstić information content (AvgIpc) is 3.46. The molecule has 0 spiro atoms. The fraction of sp³-hybridized carbons (Fsp3) is 0.737. The SMILES string of the molecule is O=C(NCCCN1CCCC1=O)[C@H]1CCCN(c2nnc(N3CCCC3=O)s2)C1. The zero-order valence-electron chi connectivity index (χ0n) is 16.6. The highest BCUT2D eigenvalue weighted by molar-refractivity contribution is 7.19. The van der Waals surface area contributed by atoms with E-state index in [2.05, 4.69) is 20.4 Å². The first-order valence-electron chi connectivity index (χ1n) is 10.6. The van der Waals surface area contributed by atoms with Crippen LogP contribution in [0.1, 0.15) is 44.9 Å². The number of nitrogens with one attached hydrogen (secondary N) is 1. The summed E-state index contributed by atoms with van der Waals surface area (Å²) in [5.41, 5.74) is 0. The molecule has 0 saturated carbocycles. The third-order valence-electron chi connectivity index (χ3n) is 5.85. The van der Waals surface area contributed by atoms with E-state index in [4.69, 9.17) is 0 Å². The molecule has 3 aliphatic rings. The monoisotopic (exact) mass is 420 g/mol. The molecule has 3 fully saturated rings. The standard InChI is InChI=1S/C19H28N6O3S/c26-15-6-2-9-23(15)11-4-8-20-17(28)14-5-1-10-24(13-14)18-21-22-19(29-18)25-12-3-7-16(25)27/h14H,1-13H2,(H,20,28)/t14-/m0/s1. The Hall–Kier alpha value is -2.23. The summed E-state index contributed by atoms with van der Waals surface area (Å²) in [5, 5.41) is 12.9. The van der Waals surface area contributed by atoms with Crippen molar-refractivity contribution in [1.82, 2.24) is 20.4 Å². The van der Waals surface area contributed by atoms with Gasteiger partial charge in [-0.25, -0.2) is 0 Å². The van der Waals surface area contributed by atoms with Gasteiger partial charge in [-0.1, -0.05) is 11.3 Å². The topological polar surface area (TPSA) is 98.7 Å². The van der Waals surface area contributed by atoms with Crippen molar-refractivity contribution >= 4 is 39.3 Å². The predicted molar refractivity (Wildman–Crippen MR) is 110 cm³/mol. The van der Waals surface area contributed by atoms with Crippen LogP contribution in [0.25, 0.3) is 0 Å². The van der Waals surface area contributed by atoms with Gasteiger partial charge in [-0.15, -0.1) is 10.2 Å². The number of piperidine rings is 1. The second-order valence-electron chi connectivity index (χ2n) is 7.93. The van der Waals surface area contributed by atoms with Gasteiger partial charge in [0.05, 0.1) is 5.92 Å². The van der Waals surface area contributed by atoms with Gasteiger partial charge in [0.1, 0.15) is 0 Å². The quantitative estimate of drug-likeness (QED) is 0.661. The van der Waals surface area contributed by atoms with E-state index in [-0.39, 0.29) is 23.6 Å². The number of aromatic nitrogens is 2. The first kappa shape index (κ1) is 20.1. The maximum atomic E-state index is 12.6. The van der Waals surface area contributed by atoms with E-state index in [1.54, 1.807) is 4.90 Å². The summed E-state index contributed by atoms with van der Waals surface area (Å²) >= 11 is 1.43. The number of carbonyl (C=O) groups is 3. The van der Waals surface area contributed by atoms with E-state index >= 15 is 0 Å². The van der Waals surface area contributed by atoms with Gasteiger partial charge in [0.15, 0.2) is 0 Å². The summed E-state index contributed by atoms with van der Waals surface area (Å²) in [6.45, 7) is 4.35. The molecule has 4 rings (SSSR count). The molecule has 1 aromatic heterocycles. The van der Waals surface area contributed by atoms with E-state index in [0.717, 1.165) is 56.9 Å². The van der Waals surface area contributed by atoms with Crippen LogP contribution in [0.3, 0.4) is 0 Å². The predicted octanol–water partition coefficient (Wildman–Crippen LogP) is 1.01. The molecule has 3 aliphatic heterocycles. The number of nitrogens with zero attached hydrogens (tertiary/aromatic N) is 5. The number of rotatable bonds is 7. The smallest absolute Gasteiger partial charge is 0.228 e. The molecule has 158 valence electrons. The van der Waals surface area contributed by atoms with Crippen LogP contribution in [-0.4, -0.2) is 72.1 Å². The lowest BCUT2D eigenvalue weighted by Crippen LogP contribution is -2.43. The van der Waals surface area contributed by atoms with Gasteiger partial charge in [-0.3, -0.25) is 19.3 Å². The van der Waals surface area contributed by atoms with Gasteiger partial charge in [0.25, 0.3) is 0 Å². The van der Waals surface area contributed by atoms with Crippen LogP contribution in [0.15, 0.2) is 0 Å². The minimum absolute atomic E-state index is 0.0712. The van der Waals surface area contributed by atoms with Crippen molar-refractivity contribution in [3.8, 4) is 0 Å². The molecule has 0 aromatic carbocycles. The summed E-state index contributed by atoms with van der Waals surface area (Å²) in [5.74, 6) is 0.338. The summed E-state index contributed by atoms with van der Waals surface area (Å²) in [7, 11) is 0. The molecule has 3 saturated heterocycles. The molecule has 0 bridgehead atoms. The molecule has 1 atom stereocenters. The molecule has 1 N–H and O–H groups in total. The van der Waals surface area contributed by atoms with Crippen LogP contribution in [0.4, 0.5) is 10.3 Å². The first-order valence-corrected chi connectivity index (χ1v) is 11.4. The summed E-state index contributed by atoms with van der Waals surface area (Å²) in [4.78, 5) is 41.8. The van der Waals surface area contributed by atoms with Crippen LogP contribution in [-0.2, 0) is 14.4 Å². The molecule has 3 amide bonds. The lowest BCUT2D eigenvalue weighted by Gasteiger charge is -2.31. The Kier molecular flexibility index (Phi) is 6.27. The molecule has 9 nitrogen and oxygen atoms in total. The minimum atomic E-state index is -0.0714. The van der Waals surface area contributed by atoms with Gasteiger partial charge in [-0.05, 0) is 32.1 Å². The van der Waals surface area contributed by atoms with Crippen LogP contribution in [0, 0.1) is 5.92 Å². The first-order chi connectivity index (χ1) is 14.1. The van der Waals surface area contributed by atoms with Gasteiger partial charge < -0.3 is 15.1 Å². The van der Waals surface area contributed by atoms with Crippen molar-refractivity contribution in [2.45, 2.75) is 44.9 Å². The third kappa shape index (κ3) is 4.68. The van der Waals surface area contributed by atoms with Gasteiger partial charge in [0, 0.05) is 52.1 Å². The van der Waals surface area contributed by atoms with Crippen LogP contribution in [0.5, 0.6) is 0 Å². The maximum absolute atomic E-state index is 12.6. The molecule has 10 heteroatoms. The zero-order valence-corrected chi connectivity index (χ0v) is 17.5. The van der Waals surface area contributed by atoms with Crippen molar-refractivity contribution in [1.29, 1.82) is 0 Å². The lowest BCUT2D eigenvalue weighted by atomic mass is 9.97. The van der Waals surface area contributed by atoms with Crippen LogP contribution < -0.4 is 15.1 Å². The average molecular weight is 421 g/mol. The number of likely N-dealkylation sites (tertiary alicyclic amines) is 1. The number of hydrogen-bond acceptors (Lipinski definition) is 7. The normalized spacial score (nSPS) is 22.6. The van der Waals surface area contributed by atoms with E-state index < -0.39 is 0 Å². The minimum Gasteiger partial charge on any atom is -0.356 e.